The monoisotopic (exact) mass is 328 g/mol. The van der Waals surface area contributed by atoms with Crippen molar-refractivity contribution in [1.29, 1.82) is 0 Å². The summed E-state index contributed by atoms with van der Waals surface area (Å²) >= 11 is 0. The van der Waals surface area contributed by atoms with Crippen molar-refractivity contribution in [2.45, 2.75) is 33.0 Å². The molecule has 0 saturated heterocycles. The molecular formula is C15H20N8O. The number of nitrogens with one attached hydrogen (secondary N) is 1. The van der Waals surface area contributed by atoms with Crippen LogP contribution < -0.4 is 5.32 Å². The van der Waals surface area contributed by atoms with E-state index in [0.29, 0.717) is 13.1 Å². The van der Waals surface area contributed by atoms with Crippen molar-refractivity contribution in [3.63, 3.8) is 0 Å². The Hall–Kier alpha value is -2.97. The number of carbonyl (C=O) groups is 1. The highest BCUT2D eigenvalue weighted by Crippen LogP contribution is 2.05. The van der Waals surface area contributed by atoms with Crippen LogP contribution in [-0.2, 0) is 19.6 Å². The SMILES string of the molecule is CCCn1cnnc1CN(C)C(=O)NCc1cnc2cnccn12. The molecule has 0 aromatic carbocycles. The standard InChI is InChI=1S/C15H20N8O/c1-3-5-22-11-19-20-14(22)10-21(2)15(24)18-8-12-7-17-13-9-16-4-6-23(12)13/h4,6-7,9,11H,3,5,8,10H2,1-2H3,(H,18,24). The lowest BCUT2D eigenvalue weighted by Gasteiger charge is -2.17. The molecule has 0 unspecified atom stereocenters. The van der Waals surface area contributed by atoms with E-state index in [2.05, 4.69) is 32.4 Å². The van der Waals surface area contributed by atoms with E-state index < -0.39 is 0 Å². The summed E-state index contributed by atoms with van der Waals surface area (Å²) in [5, 5.41) is 10.9. The smallest absolute Gasteiger partial charge is 0.317 e. The maximum absolute atomic E-state index is 12.3. The van der Waals surface area contributed by atoms with Crippen molar-refractivity contribution < 1.29 is 4.79 Å². The number of imidazole rings is 1. The maximum Gasteiger partial charge on any atom is 0.317 e. The number of hydrogen-bond donors (Lipinski definition) is 1. The van der Waals surface area contributed by atoms with E-state index in [1.165, 1.54) is 0 Å². The number of aromatic nitrogens is 6. The Labute approximate surface area is 139 Å². The molecule has 0 atom stereocenters. The van der Waals surface area contributed by atoms with E-state index in [4.69, 9.17) is 0 Å². The van der Waals surface area contributed by atoms with Gasteiger partial charge < -0.3 is 14.8 Å². The average molecular weight is 328 g/mol. The number of rotatable bonds is 6. The van der Waals surface area contributed by atoms with Gasteiger partial charge in [0.2, 0.25) is 0 Å². The van der Waals surface area contributed by atoms with Crippen LogP contribution >= 0.6 is 0 Å². The van der Waals surface area contributed by atoms with Crippen LogP contribution in [0.4, 0.5) is 4.79 Å². The number of aryl methyl sites for hydroxylation is 1. The number of nitrogens with zero attached hydrogens (tertiary/aromatic N) is 7. The first kappa shape index (κ1) is 15.9. The van der Waals surface area contributed by atoms with Crippen LogP contribution in [0.2, 0.25) is 0 Å². The molecule has 0 spiro atoms. The Balaban J connectivity index is 1.59. The predicted octanol–water partition coefficient (Wildman–Crippen LogP) is 1.07. The van der Waals surface area contributed by atoms with Crippen molar-refractivity contribution >= 4 is 11.7 Å². The van der Waals surface area contributed by atoms with E-state index >= 15 is 0 Å². The zero-order chi connectivity index (χ0) is 16.9. The molecule has 9 nitrogen and oxygen atoms in total. The third kappa shape index (κ3) is 3.34. The normalized spacial score (nSPS) is 10.9. The Kier molecular flexibility index (Phi) is 4.69. The number of hydrogen-bond acceptors (Lipinski definition) is 5. The van der Waals surface area contributed by atoms with Crippen LogP contribution in [0, 0.1) is 0 Å². The lowest BCUT2D eigenvalue weighted by atomic mass is 10.4. The lowest BCUT2D eigenvalue weighted by Crippen LogP contribution is -2.37. The second-order valence-electron chi connectivity index (χ2n) is 5.51. The molecule has 3 aromatic heterocycles. The molecule has 24 heavy (non-hydrogen) atoms. The van der Waals surface area contributed by atoms with Crippen LogP contribution in [0.15, 0.2) is 31.1 Å². The molecule has 0 radical (unpaired) electrons. The summed E-state index contributed by atoms with van der Waals surface area (Å²) in [6, 6.07) is -0.176. The molecule has 3 rings (SSSR count). The van der Waals surface area contributed by atoms with Gasteiger partial charge in [-0.3, -0.25) is 9.38 Å². The summed E-state index contributed by atoms with van der Waals surface area (Å²) in [6.45, 7) is 3.72. The minimum absolute atomic E-state index is 0.176. The Morgan fingerprint density at radius 1 is 1.38 bits per heavy atom. The van der Waals surface area contributed by atoms with Crippen molar-refractivity contribution in [3.8, 4) is 0 Å². The van der Waals surface area contributed by atoms with Gasteiger partial charge in [-0.25, -0.2) is 9.78 Å². The molecule has 0 bridgehead atoms. The van der Waals surface area contributed by atoms with E-state index in [9.17, 15) is 4.79 Å². The van der Waals surface area contributed by atoms with Gasteiger partial charge in [-0.15, -0.1) is 10.2 Å². The van der Waals surface area contributed by atoms with Crippen LogP contribution in [-0.4, -0.2) is 47.1 Å². The van der Waals surface area contributed by atoms with Gasteiger partial charge in [0.05, 0.1) is 31.2 Å². The van der Waals surface area contributed by atoms with E-state index in [1.54, 1.807) is 36.9 Å². The van der Waals surface area contributed by atoms with E-state index in [1.807, 2.05) is 15.2 Å². The molecular weight excluding hydrogens is 308 g/mol. The molecule has 3 heterocycles. The number of carbonyl (C=O) groups excluding carboxylic acids is 1. The highest BCUT2D eigenvalue weighted by molar-refractivity contribution is 5.73. The molecule has 126 valence electrons. The fourth-order valence-corrected chi connectivity index (χ4v) is 2.44. The molecule has 2 amide bonds. The summed E-state index contributed by atoms with van der Waals surface area (Å²) < 4.78 is 3.85. The van der Waals surface area contributed by atoms with Gasteiger partial charge >= 0.3 is 6.03 Å². The second-order valence-corrected chi connectivity index (χ2v) is 5.51. The van der Waals surface area contributed by atoms with Gasteiger partial charge in [0.1, 0.15) is 6.33 Å². The Morgan fingerprint density at radius 3 is 3.08 bits per heavy atom. The van der Waals surface area contributed by atoms with Crippen LogP contribution in [0.1, 0.15) is 24.9 Å². The Morgan fingerprint density at radius 2 is 2.25 bits per heavy atom. The van der Waals surface area contributed by atoms with Crippen molar-refractivity contribution in [2.75, 3.05) is 7.05 Å². The van der Waals surface area contributed by atoms with Gasteiger partial charge in [-0.05, 0) is 6.42 Å². The first-order valence-corrected chi connectivity index (χ1v) is 7.80. The summed E-state index contributed by atoms with van der Waals surface area (Å²) in [4.78, 5) is 22.1. The summed E-state index contributed by atoms with van der Waals surface area (Å²) in [6.07, 6.45) is 9.60. The van der Waals surface area contributed by atoms with Crippen LogP contribution in [0.25, 0.3) is 5.65 Å². The molecule has 0 aliphatic rings. The minimum atomic E-state index is -0.176. The molecule has 0 saturated carbocycles. The van der Waals surface area contributed by atoms with Crippen molar-refractivity contribution in [3.05, 3.63) is 42.6 Å². The maximum atomic E-state index is 12.3. The van der Waals surface area contributed by atoms with E-state index in [0.717, 1.165) is 30.1 Å². The van der Waals surface area contributed by atoms with Crippen LogP contribution in [0.5, 0.6) is 0 Å². The quantitative estimate of drug-likeness (QED) is 0.730. The molecule has 3 aromatic rings. The van der Waals surface area contributed by atoms with Crippen molar-refractivity contribution in [1.82, 2.24) is 39.3 Å². The van der Waals surface area contributed by atoms with Gasteiger partial charge in [0.25, 0.3) is 0 Å². The fourth-order valence-electron chi connectivity index (χ4n) is 2.44. The zero-order valence-electron chi connectivity index (χ0n) is 13.8. The van der Waals surface area contributed by atoms with Gasteiger partial charge in [-0.1, -0.05) is 6.92 Å². The minimum Gasteiger partial charge on any atom is -0.332 e. The molecule has 0 fully saturated rings. The molecule has 0 aliphatic carbocycles. The highest BCUT2D eigenvalue weighted by atomic mass is 16.2. The summed E-state index contributed by atoms with van der Waals surface area (Å²) in [7, 11) is 1.73. The first-order valence-electron chi connectivity index (χ1n) is 7.80. The van der Waals surface area contributed by atoms with Crippen molar-refractivity contribution in [2.24, 2.45) is 0 Å². The largest absolute Gasteiger partial charge is 0.332 e. The average Bonchev–Trinajstić information content (AvgIpc) is 3.20. The lowest BCUT2D eigenvalue weighted by molar-refractivity contribution is 0.204. The third-order valence-corrected chi connectivity index (χ3v) is 3.70. The van der Waals surface area contributed by atoms with Gasteiger partial charge in [0.15, 0.2) is 11.5 Å². The van der Waals surface area contributed by atoms with Gasteiger partial charge in [-0.2, -0.15) is 0 Å². The Bertz CT molecular complexity index is 824. The second kappa shape index (κ2) is 7.07. The number of urea groups is 1. The third-order valence-electron chi connectivity index (χ3n) is 3.70. The first-order chi connectivity index (χ1) is 11.7. The highest BCUT2D eigenvalue weighted by Gasteiger charge is 2.13. The van der Waals surface area contributed by atoms with Crippen LogP contribution in [0.3, 0.4) is 0 Å². The molecule has 0 aliphatic heterocycles. The number of fused-ring (bicyclic) bond motifs is 1. The predicted molar refractivity (Wildman–Crippen MR) is 87.0 cm³/mol. The topological polar surface area (TPSA) is 93.2 Å². The zero-order valence-corrected chi connectivity index (χ0v) is 13.8. The number of amides is 2. The fraction of sp³-hybridized carbons (Fsp3) is 0.400. The van der Waals surface area contributed by atoms with Gasteiger partial charge in [0, 0.05) is 26.0 Å². The molecule has 1 N–H and O–H groups in total. The summed E-state index contributed by atoms with van der Waals surface area (Å²) in [5.41, 5.74) is 1.64. The van der Waals surface area contributed by atoms with E-state index in [-0.39, 0.29) is 6.03 Å². The molecule has 9 heteroatoms. The summed E-state index contributed by atoms with van der Waals surface area (Å²) in [5.74, 6) is 0.773.